The van der Waals surface area contributed by atoms with Gasteiger partial charge in [0, 0.05) is 38.2 Å². The molecule has 3 heterocycles. The van der Waals surface area contributed by atoms with Crippen LogP contribution in [0.4, 0.5) is 0 Å². The first-order valence-corrected chi connectivity index (χ1v) is 14.5. The molecule has 0 aliphatic rings. The molecule has 0 N–H and O–H groups in total. The first kappa shape index (κ1) is 14.4. The van der Waals surface area contributed by atoms with Crippen molar-refractivity contribution in [3.05, 3.63) is 151 Å². The molecule has 0 amide bonds. The normalized spacial score (nSPS) is 17.0. The lowest BCUT2D eigenvalue weighted by molar-refractivity contribution is 0.668. The Balaban J connectivity index is 1.44. The van der Waals surface area contributed by atoms with Crippen LogP contribution in [0.1, 0.15) is 24.7 Å². The summed E-state index contributed by atoms with van der Waals surface area (Å²) in [5.41, 5.74) is -2.03. The van der Waals surface area contributed by atoms with Gasteiger partial charge in [-0.25, -0.2) is 15.0 Å². The summed E-state index contributed by atoms with van der Waals surface area (Å²) in [4.78, 5) is 14.1. The summed E-state index contributed by atoms with van der Waals surface area (Å²) >= 11 is 0. The van der Waals surface area contributed by atoms with Gasteiger partial charge in [-0.1, -0.05) is 115 Å². The number of rotatable bonds is 4. The molecule has 10 aromatic rings. The minimum atomic E-state index is -0.820. The third-order valence-corrected chi connectivity index (χ3v) is 7.80. The van der Waals surface area contributed by atoms with Gasteiger partial charge in [0.15, 0.2) is 17.5 Å². The van der Waals surface area contributed by atoms with E-state index in [9.17, 15) is 5.48 Å². The molecule has 5 heteroatoms. The smallest absolute Gasteiger partial charge is 0.164 e. The van der Waals surface area contributed by atoms with Gasteiger partial charge in [-0.2, -0.15) is 0 Å². The maximum atomic E-state index is 9.96. The van der Waals surface area contributed by atoms with Gasteiger partial charge >= 0.3 is 0 Å². The molecule has 0 fully saturated rings. The number of aromatic nitrogens is 3. The highest BCUT2D eigenvalue weighted by Crippen LogP contribution is 2.41. The molecule has 10 rings (SSSR count). The van der Waals surface area contributed by atoms with Gasteiger partial charge in [0.1, 0.15) is 22.3 Å². The molecule has 0 saturated heterocycles. The fourth-order valence-electron chi connectivity index (χ4n) is 5.72. The summed E-state index contributed by atoms with van der Waals surface area (Å²) < 4.78 is 171. The van der Waals surface area contributed by atoms with Crippen molar-refractivity contribution >= 4 is 54.6 Å². The molecule has 0 radical (unpaired) electrons. The van der Waals surface area contributed by atoms with Crippen LogP contribution in [0.3, 0.4) is 0 Å². The summed E-state index contributed by atoms with van der Waals surface area (Å²) in [5.74, 6) is -1.23. The topological polar surface area (TPSA) is 65.0 Å². The van der Waals surface area contributed by atoms with E-state index in [-0.39, 0.29) is 22.2 Å². The van der Waals surface area contributed by atoms with Crippen molar-refractivity contribution in [3.8, 4) is 45.3 Å². The molecule has 48 heavy (non-hydrogen) atoms. The second-order valence-electron chi connectivity index (χ2n) is 10.6. The third kappa shape index (κ3) is 4.22. The molecule has 7 aromatic carbocycles. The summed E-state index contributed by atoms with van der Waals surface area (Å²) in [6, 6.07) is -1.15. The first-order chi connectivity index (χ1) is 31.3. The van der Waals surface area contributed by atoms with E-state index in [2.05, 4.69) is 9.97 Å². The Kier molecular flexibility index (Phi) is 3.15. The molecule has 0 bridgehead atoms. The van der Waals surface area contributed by atoms with Crippen LogP contribution in [0.2, 0.25) is 0 Å². The summed E-state index contributed by atoms with van der Waals surface area (Å²) in [6.07, 6.45) is 0. The molecule has 0 saturated carbocycles. The van der Waals surface area contributed by atoms with Crippen molar-refractivity contribution in [1.29, 1.82) is 0 Å². The maximum absolute atomic E-state index is 9.96. The van der Waals surface area contributed by atoms with Crippen molar-refractivity contribution in [2.75, 3.05) is 0 Å². The monoisotopic (exact) mass is 633 g/mol. The zero-order valence-corrected chi connectivity index (χ0v) is 24.2. The number of furan rings is 2. The Labute approximate surface area is 300 Å². The van der Waals surface area contributed by atoms with Crippen LogP contribution in [-0.4, -0.2) is 15.0 Å². The summed E-state index contributed by atoms with van der Waals surface area (Å²) in [7, 11) is 0. The molecular weight excluding hydrogens is 590 g/mol. The largest absolute Gasteiger partial charge is 0.456 e. The van der Waals surface area contributed by atoms with Crippen molar-refractivity contribution < 1.29 is 33.5 Å². The number of para-hydroxylation sites is 2. The van der Waals surface area contributed by atoms with Crippen LogP contribution in [0, 0.1) is 0 Å². The molecule has 0 atom stereocenters. The van der Waals surface area contributed by atoms with Gasteiger partial charge in [-0.3, -0.25) is 0 Å². The van der Waals surface area contributed by atoms with Crippen molar-refractivity contribution in [3.63, 3.8) is 0 Å². The SMILES string of the molecule is [2H]c1c([2H])c([2H])c(-c2nc(-c3cccc4oc5ccccc5c34)nc(-c3c([2H])c(-c4c([2H])c([2H])c5c([2H])c([2H])c([2H])c([2H])c5c4[2H])c([2H])c4oc5c([2H])c([2H])c([2H])c([2H])c5c34)n2)c([2H])c1[2H]. The minimum Gasteiger partial charge on any atom is -0.456 e. The predicted octanol–water partition coefficient (Wildman–Crippen LogP) is 11.5. The Morgan fingerprint density at radius 1 is 0.417 bits per heavy atom. The quantitative estimate of drug-likeness (QED) is 0.193. The molecule has 0 spiro atoms. The third-order valence-electron chi connectivity index (χ3n) is 7.80. The second-order valence-corrected chi connectivity index (χ2v) is 10.6. The van der Waals surface area contributed by atoms with Crippen molar-refractivity contribution in [2.45, 2.75) is 0 Å². The van der Waals surface area contributed by atoms with Crippen molar-refractivity contribution in [2.24, 2.45) is 0 Å². The highest BCUT2D eigenvalue weighted by molar-refractivity contribution is 6.14. The van der Waals surface area contributed by atoms with Gasteiger partial charge in [-0.05, 0) is 58.2 Å². The second kappa shape index (κ2) is 10.5. The van der Waals surface area contributed by atoms with Crippen LogP contribution < -0.4 is 0 Å². The number of nitrogens with zero attached hydrogens (tertiary/aromatic N) is 3. The summed E-state index contributed by atoms with van der Waals surface area (Å²) in [6.45, 7) is 0. The minimum absolute atomic E-state index is 0.199. The highest BCUT2D eigenvalue weighted by atomic mass is 16.3. The molecule has 224 valence electrons. The highest BCUT2D eigenvalue weighted by Gasteiger charge is 2.21. The predicted molar refractivity (Wildman–Crippen MR) is 194 cm³/mol. The zero-order valence-electron chi connectivity index (χ0n) is 42.2. The molecule has 0 aliphatic carbocycles. The Morgan fingerprint density at radius 3 is 2.04 bits per heavy atom. The number of benzene rings is 7. The van der Waals surface area contributed by atoms with E-state index >= 15 is 0 Å². The number of hydrogen-bond acceptors (Lipinski definition) is 5. The summed E-state index contributed by atoms with van der Waals surface area (Å²) in [5, 5.41) is -0.508. The average Bonchev–Trinajstić information content (AvgIpc) is 3.89. The van der Waals surface area contributed by atoms with Gasteiger partial charge in [0.05, 0.1) is 24.7 Å². The first-order valence-electron chi connectivity index (χ1n) is 23.5. The number of hydrogen-bond donors (Lipinski definition) is 0. The van der Waals surface area contributed by atoms with Gasteiger partial charge in [0.25, 0.3) is 0 Å². The standard InChI is InChI=1S/C43H25N3O2/c1-2-12-27(13-3-1)41-44-42(33-17-10-20-37-39(33)31-15-6-8-18-35(31)47-37)46-43(45-41)34-24-30(29-22-21-26-11-4-5-14-28(26)23-29)25-38-40(34)32-16-7-9-19-36(32)48-38/h1-25H/i1D,2D,3D,4D,5D,7D,9D,11D,12D,13D,14D,16D,19D,21D,22D,23D,24D,25D. The van der Waals surface area contributed by atoms with E-state index in [0.717, 1.165) is 0 Å². The van der Waals surface area contributed by atoms with E-state index in [1.165, 1.54) is 0 Å². The van der Waals surface area contributed by atoms with E-state index in [1.54, 1.807) is 42.5 Å². The van der Waals surface area contributed by atoms with Crippen LogP contribution in [-0.2, 0) is 0 Å². The fourth-order valence-corrected chi connectivity index (χ4v) is 5.72. The molecular formula is C43H25N3O2. The van der Waals surface area contributed by atoms with E-state index in [4.69, 9.17) is 33.0 Å². The number of fused-ring (bicyclic) bond motifs is 7. The van der Waals surface area contributed by atoms with E-state index in [0.29, 0.717) is 21.9 Å². The molecule has 3 aromatic heterocycles. The van der Waals surface area contributed by atoms with Crippen molar-refractivity contribution in [1.82, 2.24) is 15.0 Å². The molecule has 5 nitrogen and oxygen atoms in total. The van der Waals surface area contributed by atoms with Crippen LogP contribution in [0.15, 0.2) is 160 Å². The van der Waals surface area contributed by atoms with Gasteiger partial charge in [0.2, 0.25) is 0 Å². The fraction of sp³-hybridized carbons (Fsp3) is 0. The van der Waals surface area contributed by atoms with Crippen LogP contribution in [0.25, 0.3) is 99.9 Å². The molecule has 0 unspecified atom stereocenters. The van der Waals surface area contributed by atoms with Crippen LogP contribution in [0.5, 0.6) is 0 Å². The zero-order chi connectivity index (χ0) is 47.3. The van der Waals surface area contributed by atoms with Crippen LogP contribution >= 0.6 is 0 Å². The maximum Gasteiger partial charge on any atom is 0.164 e. The van der Waals surface area contributed by atoms with E-state index in [1.807, 2.05) is 0 Å². The average molecular weight is 634 g/mol. The van der Waals surface area contributed by atoms with Gasteiger partial charge in [-0.15, -0.1) is 0 Å². The van der Waals surface area contributed by atoms with E-state index < -0.39 is 165 Å². The lowest BCUT2D eigenvalue weighted by Crippen LogP contribution is -2.01. The Bertz CT molecular complexity index is 3860. The molecule has 0 aliphatic heterocycles. The lowest BCUT2D eigenvalue weighted by Gasteiger charge is -2.12. The lowest BCUT2D eigenvalue weighted by atomic mass is 9.96. The Hall–Kier alpha value is -6.59. The van der Waals surface area contributed by atoms with Gasteiger partial charge < -0.3 is 8.83 Å². The Morgan fingerprint density at radius 2 is 1.12 bits per heavy atom.